The van der Waals surface area contributed by atoms with Crippen molar-refractivity contribution < 1.29 is 19.7 Å². The van der Waals surface area contributed by atoms with E-state index in [0.29, 0.717) is 23.4 Å². The van der Waals surface area contributed by atoms with Crippen molar-refractivity contribution in [1.82, 2.24) is 4.90 Å². The maximum atomic E-state index is 13.7. The number of ether oxygens (including phenoxy) is 1. The average Bonchev–Trinajstić information content (AvgIpc) is 3.60. The molecule has 2 saturated carbocycles. The molecule has 0 aromatic heterocycles. The predicted octanol–water partition coefficient (Wildman–Crippen LogP) is 3.52. The summed E-state index contributed by atoms with van der Waals surface area (Å²) in [6.45, 7) is 2.07. The van der Waals surface area contributed by atoms with Gasteiger partial charge in [-0.05, 0) is 74.8 Å². The van der Waals surface area contributed by atoms with Gasteiger partial charge in [-0.25, -0.2) is 0 Å². The van der Waals surface area contributed by atoms with Gasteiger partial charge in [-0.1, -0.05) is 30.3 Å². The molecule has 180 valence electrons. The minimum atomic E-state index is -1.40. The van der Waals surface area contributed by atoms with Gasteiger partial charge in [-0.2, -0.15) is 0 Å². The molecule has 35 heavy (non-hydrogen) atoms. The van der Waals surface area contributed by atoms with Gasteiger partial charge >= 0.3 is 0 Å². The van der Waals surface area contributed by atoms with Crippen LogP contribution in [0.5, 0.6) is 11.5 Å². The Morgan fingerprint density at radius 2 is 1.94 bits per heavy atom. The molecule has 5 atom stereocenters. The molecule has 3 N–H and O–H groups in total. The highest BCUT2D eigenvalue weighted by atomic mass is 16.5. The number of aliphatic hydroxyl groups is 1. The number of piperidine rings is 1. The van der Waals surface area contributed by atoms with Crippen LogP contribution in [-0.2, 0) is 16.6 Å². The number of likely N-dealkylation sites (tertiary alicyclic amines) is 1. The number of nitrogens with one attached hydrogen (secondary N) is 1. The van der Waals surface area contributed by atoms with Crippen molar-refractivity contribution in [3.63, 3.8) is 0 Å². The van der Waals surface area contributed by atoms with E-state index in [9.17, 15) is 15.0 Å². The summed E-state index contributed by atoms with van der Waals surface area (Å²) in [4.78, 5) is 16.4. The van der Waals surface area contributed by atoms with E-state index < -0.39 is 17.1 Å². The summed E-state index contributed by atoms with van der Waals surface area (Å²) in [5.74, 6) is 1.19. The standard InChI is InChI=1S/C29H30N2O4/c32-21-9-8-18-14-22-27-10-11-29(34,20(15-27)25(33)30-19-4-2-1-3-5-19)26-28(27,23(18)24(21)35-26)12-13-31(22)16-17-6-7-17/h1-5,8-9,15,17,22,26,32,34H,6-7,10-14,16H2,(H,30,33)/t22-,26-,27-,28+,29-/m1/s1. The van der Waals surface area contributed by atoms with E-state index in [0.717, 1.165) is 43.8 Å². The molecule has 5 aliphatic carbocycles. The number of aromatic hydroxyl groups is 1. The van der Waals surface area contributed by atoms with Gasteiger partial charge in [0.1, 0.15) is 11.7 Å². The van der Waals surface area contributed by atoms with E-state index in [1.54, 1.807) is 6.07 Å². The van der Waals surface area contributed by atoms with Crippen molar-refractivity contribution in [2.45, 2.75) is 61.7 Å². The van der Waals surface area contributed by atoms with E-state index in [1.165, 1.54) is 18.4 Å². The first-order valence-electron chi connectivity index (χ1n) is 13.0. The van der Waals surface area contributed by atoms with Crippen molar-refractivity contribution in [2.75, 3.05) is 18.4 Å². The van der Waals surface area contributed by atoms with Crippen LogP contribution in [0.2, 0.25) is 0 Å². The molecule has 6 heteroatoms. The predicted molar refractivity (Wildman–Crippen MR) is 130 cm³/mol. The number of amides is 1. The Morgan fingerprint density at radius 1 is 1.11 bits per heavy atom. The Kier molecular flexibility index (Phi) is 3.77. The lowest BCUT2D eigenvalue weighted by Gasteiger charge is -2.70. The molecule has 2 aliphatic heterocycles. The topological polar surface area (TPSA) is 82.0 Å². The summed E-state index contributed by atoms with van der Waals surface area (Å²) in [6.07, 6.45) is 7.27. The van der Waals surface area contributed by atoms with Crippen LogP contribution in [0.1, 0.15) is 43.2 Å². The number of carbonyl (C=O) groups is 1. The molecule has 6 nitrogen and oxygen atoms in total. The summed E-state index contributed by atoms with van der Waals surface area (Å²) in [5.41, 5.74) is 1.36. The van der Waals surface area contributed by atoms with E-state index in [-0.39, 0.29) is 23.1 Å². The van der Waals surface area contributed by atoms with E-state index in [4.69, 9.17) is 4.74 Å². The van der Waals surface area contributed by atoms with Gasteiger partial charge in [0.2, 0.25) is 0 Å². The zero-order valence-corrected chi connectivity index (χ0v) is 19.7. The van der Waals surface area contributed by atoms with Gasteiger partial charge in [0.25, 0.3) is 5.91 Å². The van der Waals surface area contributed by atoms with Crippen molar-refractivity contribution in [3.8, 4) is 11.5 Å². The molecule has 2 aromatic rings. The maximum Gasteiger partial charge on any atom is 0.254 e. The number of carbonyl (C=O) groups excluding carboxylic acids is 1. The quantitative estimate of drug-likeness (QED) is 0.637. The molecule has 1 amide bonds. The maximum absolute atomic E-state index is 13.7. The zero-order chi connectivity index (χ0) is 23.6. The fourth-order valence-corrected chi connectivity index (χ4v) is 8.54. The number of hydrogen-bond acceptors (Lipinski definition) is 5. The third-order valence-electron chi connectivity index (χ3n) is 10.1. The van der Waals surface area contributed by atoms with Crippen LogP contribution in [0.4, 0.5) is 5.69 Å². The van der Waals surface area contributed by atoms with Gasteiger partial charge in [-0.3, -0.25) is 9.69 Å². The molecule has 3 fully saturated rings. The number of nitrogens with zero attached hydrogens (tertiary/aromatic N) is 1. The van der Waals surface area contributed by atoms with Gasteiger partial charge in [0.15, 0.2) is 11.5 Å². The normalized spacial score (nSPS) is 37.9. The lowest BCUT2D eigenvalue weighted by atomic mass is 9.38. The first kappa shape index (κ1) is 20.4. The first-order valence-corrected chi connectivity index (χ1v) is 13.0. The minimum Gasteiger partial charge on any atom is -0.504 e. The first-order chi connectivity index (χ1) is 17.0. The summed E-state index contributed by atoms with van der Waals surface area (Å²) >= 11 is 0. The second-order valence-electron chi connectivity index (χ2n) is 11.7. The Bertz CT molecular complexity index is 1300. The number of benzene rings is 2. The fourth-order valence-electron chi connectivity index (χ4n) is 8.54. The number of hydrogen-bond donors (Lipinski definition) is 3. The van der Waals surface area contributed by atoms with Gasteiger partial charge in [0.05, 0.1) is 5.41 Å². The monoisotopic (exact) mass is 470 g/mol. The zero-order valence-electron chi connectivity index (χ0n) is 19.7. The lowest BCUT2D eigenvalue weighted by molar-refractivity contribution is -0.186. The van der Waals surface area contributed by atoms with Gasteiger partial charge in [0, 0.05) is 34.8 Å². The lowest BCUT2D eigenvalue weighted by Crippen LogP contribution is -2.78. The largest absolute Gasteiger partial charge is 0.504 e. The van der Waals surface area contributed by atoms with Crippen LogP contribution < -0.4 is 10.1 Å². The van der Waals surface area contributed by atoms with E-state index in [1.807, 2.05) is 30.3 Å². The number of phenols is 1. The highest BCUT2D eigenvalue weighted by Gasteiger charge is 2.78. The summed E-state index contributed by atoms with van der Waals surface area (Å²) < 4.78 is 6.56. The smallest absolute Gasteiger partial charge is 0.254 e. The third kappa shape index (κ3) is 2.35. The van der Waals surface area contributed by atoms with E-state index in [2.05, 4.69) is 22.4 Å². The van der Waals surface area contributed by atoms with E-state index >= 15 is 0 Å². The highest BCUT2D eigenvalue weighted by molar-refractivity contribution is 6.06. The Labute approximate surface area is 204 Å². The number of anilines is 1. The highest BCUT2D eigenvalue weighted by Crippen LogP contribution is 2.74. The van der Waals surface area contributed by atoms with Crippen molar-refractivity contribution in [3.05, 3.63) is 65.2 Å². The molecular weight excluding hydrogens is 440 g/mol. The van der Waals surface area contributed by atoms with Gasteiger partial charge < -0.3 is 20.3 Å². The van der Waals surface area contributed by atoms with Crippen molar-refractivity contribution in [1.29, 1.82) is 0 Å². The molecule has 0 unspecified atom stereocenters. The Balaban J connectivity index is 1.32. The number of fused-ring (bicyclic) bond motifs is 1. The van der Waals surface area contributed by atoms with Crippen LogP contribution in [0.15, 0.2) is 54.1 Å². The van der Waals surface area contributed by atoms with Crippen LogP contribution in [0.25, 0.3) is 0 Å². The Hall–Kier alpha value is -2.83. The molecule has 2 aromatic carbocycles. The summed E-state index contributed by atoms with van der Waals surface area (Å²) in [5, 5.41) is 26.1. The molecule has 0 radical (unpaired) electrons. The molecular formula is C29H30N2O4. The second kappa shape index (κ2) is 6.48. The number of phenolic OH excluding ortho intramolecular Hbond substituents is 1. The number of rotatable bonds is 4. The molecule has 2 spiro atoms. The molecule has 2 heterocycles. The van der Waals surface area contributed by atoms with Crippen LogP contribution >= 0.6 is 0 Å². The van der Waals surface area contributed by atoms with Crippen molar-refractivity contribution >= 4 is 11.6 Å². The number of para-hydroxylation sites is 1. The Morgan fingerprint density at radius 3 is 2.74 bits per heavy atom. The van der Waals surface area contributed by atoms with Crippen LogP contribution in [0, 0.1) is 11.3 Å². The molecule has 1 saturated heterocycles. The fraction of sp³-hybridized carbons (Fsp3) is 0.483. The van der Waals surface area contributed by atoms with Crippen LogP contribution in [0.3, 0.4) is 0 Å². The average molecular weight is 471 g/mol. The second-order valence-corrected chi connectivity index (χ2v) is 11.7. The third-order valence-corrected chi connectivity index (χ3v) is 10.1. The molecule has 7 aliphatic rings. The minimum absolute atomic E-state index is 0.139. The van der Waals surface area contributed by atoms with Crippen LogP contribution in [-0.4, -0.2) is 51.9 Å². The molecule has 9 rings (SSSR count). The summed E-state index contributed by atoms with van der Waals surface area (Å²) in [6, 6.07) is 13.5. The molecule has 4 bridgehead atoms. The van der Waals surface area contributed by atoms with Gasteiger partial charge in [-0.15, -0.1) is 0 Å². The SMILES string of the molecule is O=C(Nc1ccccc1)C1=C[C@@]23CC[C@]1(O)[C@@H]1Oc4c(O)ccc5c4[C@@]12CCN(CC1CC1)[C@@H]3C5. The summed E-state index contributed by atoms with van der Waals surface area (Å²) in [7, 11) is 0. The van der Waals surface area contributed by atoms with Crippen molar-refractivity contribution in [2.24, 2.45) is 11.3 Å².